The van der Waals surface area contributed by atoms with Gasteiger partial charge >= 0.3 is 6.09 Å². The van der Waals surface area contributed by atoms with Gasteiger partial charge in [0.2, 0.25) is 0 Å². The van der Waals surface area contributed by atoms with Gasteiger partial charge in [0.15, 0.2) is 5.69 Å². The highest BCUT2D eigenvalue weighted by Crippen LogP contribution is 2.51. The molecule has 3 amide bonds. The first kappa shape index (κ1) is 30.2. The van der Waals surface area contributed by atoms with Crippen LogP contribution in [0.3, 0.4) is 0 Å². The number of hydrogen-bond donors (Lipinski definition) is 2. The molecule has 0 radical (unpaired) electrons. The van der Waals surface area contributed by atoms with Crippen LogP contribution in [0, 0.1) is 13.8 Å². The molecule has 3 aliphatic rings. The lowest BCUT2D eigenvalue weighted by Crippen LogP contribution is -2.92. The molecule has 3 saturated heterocycles. The average molecular weight is 586 g/mol. The molecule has 0 aliphatic carbocycles. The van der Waals surface area contributed by atoms with E-state index in [1.165, 1.54) is 0 Å². The molecule has 3 fully saturated rings. The number of quaternary nitrogens is 1. The quantitative estimate of drug-likeness (QED) is 0.371. The zero-order valence-corrected chi connectivity index (χ0v) is 26.2. The molecule has 10 nitrogen and oxygen atoms in total. The van der Waals surface area contributed by atoms with Crippen molar-refractivity contribution in [3.05, 3.63) is 77.2 Å². The SMILES string of the molecule is Cc1ccc(NC(=O)c2cc(C)ccc2NC(=O)c2ccc([N+]34CC(N(C(=O)OC(C)(C)C)CC3C)C4(C)C)cn2)nc1. The summed E-state index contributed by atoms with van der Waals surface area (Å²) in [7, 11) is 0. The molecule has 2 N–H and O–H groups in total. The van der Waals surface area contributed by atoms with Crippen LogP contribution in [-0.2, 0) is 4.74 Å². The fraction of sp³-hybridized carbons (Fsp3) is 0.424. The highest BCUT2D eigenvalue weighted by Gasteiger charge is 2.71. The van der Waals surface area contributed by atoms with Crippen LogP contribution in [0.1, 0.15) is 73.5 Å². The summed E-state index contributed by atoms with van der Waals surface area (Å²) in [4.78, 5) is 50.1. The number of carbonyl (C=O) groups is 3. The van der Waals surface area contributed by atoms with Crippen molar-refractivity contribution in [3.63, 3.8) is 0 Å². The maximum atomic E-state index is 13.3. The summed E-state index contributed by atoms with van der Waals surface area (Å²) in [6.07, 6.45) is 3.16. The average Bonchev–Trinajstić information content (AvgIpc) is 2.93. The molecule has 226 valence electrons. The summed E-state index contributed by atoms with van der Waals surface area (Å²) in [5, 5.41) is 5.66. The molecule has 6 rings (SSSR count). The zero-order chi connectivity index (χ0) is 31.3. The lowest BCUT2D eigenvalue weighted by molar-refractivity contribution is -0.147. The van der Waals surface area contributed by atoms with E-state index in [2.05, 4.69) is 41.4 Å². The van der Waals surface area contributed by atoms with Gasteiger partial charge in [0.25, 0.3) is 11.8 Å². The van der Waals surface area contributed by atoms with E-state index in [1.807, 2.05) is 57.7 Å². The fourth-order valence-corrected chi connectivity index (χ4v) is 6.50. The predicted octanol–water partition coefficient (Wildman–Crippen LogP) is 5.71. The largest absolute Gasteiger partial charge is 0.444 e. The number of pyridine rings is 2. The lowest BCUT2D eigenvalue weighted by atomic mass is 9.72. The molecule has 0 saturated carbocycles. The third-order valence-corrected chi connectivity index (χ3v) is 8.78. The van der Waals surface area contributed by atoms with Gasteiger partial charge in [-0.1, -0.05) is 17.7 Å². The molecule has 10 heteroatoms. The summed E-state index contributed by atoms with van der Waals surface area (Å²) < 4.78 is 6.37. The van der Waals surface area contributed by atoms with Crippen molar-refractivity contribution in [1.29, 1.82) is 0 Å². The highest BCUT2D eigenvalue weighted by molar-refractivity contribution is 6.12. The zero-order valence-electron chi connectivity index (χ0n) is 26.2. The van der Waals surface area contributed by atoms with E-state index in [4.69, 9.17) is 4.74 Å². The lowest BCUT2D eigenvalue weighted by Gasteiger charge is -2.70. The molecule has 43 heavy (non-hydrogen) atoms. The highest BCUT2D eigenvalue weighted by atomic mass is 16.6. The van der Waals surface area contributed by atoms with Gasteiger partial charge < -0.3 is 15.4 Å². The van der Waals surface area contributed by atoms with Gasteiger partial charge in [0, 0.05) is 12.3 Å². The van der Waals surface area contributed by atoms with Gasteiger partial charge in [0.1, 0.15) is 41.3 Å². The van der Waals surface area contributed by atoms with Crippen LogP contribution in [0.2, 0.25) is 0 Å². The van der Waals surface area contributed by atoms with E-state index in [1.54, 1.807) is 36.7 Å². The Morgan fingerprint density at radius 3 is 2.26 bits per heavy atom. The molecule has 0 spiro atoms. The third kappa shape index (κ3) is 5.47. The molecule has 3 aromatic rings. The number of carbonyl (C=O) groups excluding carboxylic acids is 3. The van der Waals surface area contributed by atoms with Crippen LogP contribution in [0.25, 0.3) is 0 Å². The first-order valence-corrected chi connectivity index (χ1v) is 14.6. The number of aromatic nitrogens is 2. The van der Waals surface area contributed by atoms with Crippen molar-refractivity contribution in [2.24, 2.45) is 0 Å². The van der Waals surface area contributed by atoms with Crippen molar-refractivity contribution in [3.8, 4) is 0 Å². The summed E-state index contributed by atoms with van der Waals surface area (Å²) in [6, 6.07) is 12.7. The standard InChI is InChI=1S/C33H40N6O4/c1-20-9-12-25(24(15-20)29(40)37-28-14-10-21(2)16-35-28)36-30(41)26-13-11-23(17-34-26)39-19-27(33(39,7)8)38(18-22(39)3)31(42)43-32(4,5)6/h9-17,22,27H,18-19H2,1-8H3,(H-,35,36,37,40,41)/p+1. The first-order valence-electron chi connectivity index (χ1n) is 14.6. The number of hydrogen-bond acceptors (Lipinski definition) is 6. The van der Waals surface area contributed by atoms with Crippen molar-refractivity contribution >= 4 is 35.1 Å². The number of aryl methyl sites for hydroxylation is 2. The van der Waals surface area contributed by atoms with Crippen LogP contribution < -0.4 is 15.1 Å². The van der Waals surface area contributed by atoms with E-state index in [0.29, 0.717) is 28.1 Å². The Labute approximate surface area is 253 Å². The van der Waals surface area contributed by atoms with Crippen LogP contribution in [0.5, 0.6) is 0 Å². The number of fused-ring (bicyclic) bond motifs is 2. The molecule has 3 unspecified atom stereocenters. The Kier molecular flexibility index (Phi) is 7.54. The molecular formula is C33H41N6O4+. The van der Waals surface area contributed by atoms with Gasteiger partial charge in [-0.25, -0.2) is 14.8 Å². The Balaban J connectivity index is 1.32. The van der Waals surface area contributed by atoms with E-state index < -0.39 is 11.5 Å². The van der Waals surface area contributed by atoms with Crippen molar-refractivity contribution in [1.82, 2.24) is 19.4 Å². The van der Waals surface area contributed by atoms with Gasteiger partial charge in [-0.15, -0.1) is 0 Å². The Morgan fingerprint density at radius 2 is 1.67 bits per heavy atom. The van der Waals surface area contributed by atoms with E-state index >= 15 is 0 Å². The van der Waals surface area contributed by atoms with Gasteiger partial charge in [-0.3, -0.25) is 19.0 Å². The van der Waals surface area contributed by atoms with Crippen molar-refractivity contribution in [2.75, 3.05) is 23.7 Å². The van der Waals surface area contributed by atoms with E-state index in [0.717, 1.165) is 23.4 Å². The fourth-order valence-electron chi connectivity index (χ4n) is 6.50. The normalized spacial score (nSPS) is 22.3. The van der Waals surface area contributed by atoms with Crippen LogP contribution in [0.15, 0.2) is 54.9 Å². The number of nitrogens with zero attached hydrogens (tertiary/aromatic N) is 4. The molecule has 3 aliphatic heterocycles. The van der Waals surface area contributed by atoms with Crippen LogP contribution in [0.4, 0.5) is 22.0 Å². The minimum Gasteiger partial charge on any atom is -0.444 e. The molecule has 2 bridgehead atoms. The second kappa shape index (κ2) is 10.8. The second-order valence-electron chi connectivity index (χ2n) is 13.3. The Bertz CT molecular complexity index is 1560. The topological polar surface area (TPSA) is 114 Å². The second-order valence-corrected chi connectivity index (χ2v) is 13.3. The summed E-state index contributed by atoms with van der Waals surface area (Å²) in [5.41, 5.74) is 2.99. The maximum Gasteiger partial charge on any atom is 0.411 e. The molecular weight excluding hydrogens is 544 g/mol. The number of piperazine rings is 2. The van der Waals surface area contributed by atoms with Gasteiger partial charge in [0.05, 0.1) is 24.0 Å². The van der Waals surface area contributed by atoms with E-state index in [-0.39, 0.29) is 35.3 Å². The van der Waals surface area contributed by atoms with E-state index in [9.17, 15) is 14.4 Å². The summed E-state index contributed by atoms with van der Waals surface area (Å²) >= 11 is 0. The number of benzene rings is 1. The summed E-state index contributed by atoms with van der Waals surface area (Å²) in [6.45, 7) is 17.3. The third-order valence-electron chi connectivity index (χ3n) is 8.78. The monoisotopic (exact) mass is 585 g/mol. The number of amides is 3. The minimum absolute atomic E-state index is 0.0303. The van der Waals surface area contributed by atoms with Crippen molar-refractivity contribution < 1.29 is 19.1 Å². The minimum atomic E-state index is -0.556. The first-order chi connectivity index (χ1) is 20.1. The van der Waals surface area contributed by atoms with Gasteiger partial charge in [-0.2, -0.15) is 0 Å². The number of nitrogens with one attached hydrogen (secondary N) is 2. The number of rotatable bonds is 5. The Morgan fingerprint density at radius 1 is 0.953 bits per heavy atom. The number of ether oxygens (including phenoxy) is 1. The van der Waals surface area contributed by atoms with Crippen LogP contribution in [-0.4, -0.2) is 69.1 Å². The molecule has 1 aromatic carbocycles. The summed E-state index contributed by atoms with van der Waals surface area (Å²) in [5.74, 6) is -0.360. The molecule has 5 heterocycles. The van der Waals surface area contributed by atoms with Crippen LogP contribution >= 0.6 is 0 Å². The maximum absolute atomic E-state index is 13.3. The predicted molar refractivity (Wildman–Crippen MR) is 167 cm³/mol. The smallest absolute Gasteiger partial charge is 0.411 e. The van der Waals surface area contributed by atoms with Crippen molar-refractivity contribution in [2.45, 2.75) is 78.6 Å². The molecule has 3 atom stereocenters. The Hall–Kier alpha value is -4.31. The van der Waals surface area contributed by atoms with Gasteiger partial charge in [-0.05, 0) is 85.2 Å². The molecule has 2 aromatic heterocycles. The number of anilines is 2.